The van der Waals surface area contributed by atoms with Gasteiger partial charge in [0.1, 0.15) is 0 Å². The van der Waals surface area contributed by atoms with Gasteiger partial charge in [0, 0.05) is 11.1 Å². The van der Waals surface area contributed by atoms with Crippen LogP contribution in [0.15, 0.2) is 18.2 Å². The molecule has 2 nitrogen and oxygen atoms in total. The summed E-state index contributed by atoms with van der Waals surface area (Å²) in [5, 5.41) is 2.74. The van der Waals surface area contributed by atoms with Crippen molar-refractivity contribution in [1.29, 1.82) is 0 Å². The Bertz CT molecular complexity index is 368. The van der Waals surface area contributed by atoms with Gasteiger partial charge in [-0.3, -0.25) is 4.79 Å². The topological polar surface area (TPSA) is 29.1 Å². The number of hydrogen-bond donors (Lipinski definition) is 1. The summed E-state index contributed by atoms with van der Waals surface area (Å²) in [4.78, 5) is 11.4. The van der Waals surface area contributed by atoms with Crippen molar-refractivity contribution in [3.8, 4) is 0 Å². The van der Waals surface area contributed by atoms with Crippen LogP contribution in [-0.4, -0.2) is 19.4 Å². The summed E-state index contributed by atoms with van der Waals surface area (Å²) in [7, 11) is 1.62. The van der Waals surface area contributed by atoms with Gasteiger partial charge < -0.3 is 5.32 Å². The molecule has 0 heterocycles. The minimum Gasteiger partial charge on any atom is -0.313 e. The van der Waals surface area contributed by atoms with Crippen LogP contribution in [-0.2, 0) is 0 Å². The Balaban J connectivity index is 2.98. The van der Waals surface area contributed by atoms with Gasteiger partial charge in [-0.05, 0) is 19.2 Å². The summed E-state index contributed by atoms with van der Waals surface area (Å²) in [5.74, 6) is -0.219. The number of rotatable bonds is 4. The van der Waals surface area contributed by atoms with Crippen LogP contribution in [0.5, 0.6) is 0 Å². The maximum Gasteiger partial charge on any atom is 0.263 e. The fourth-order valence-electron chi connectivity index (χ4n) is 1.15. The molecule has 0 aliphatic carbocycles. The van der Waals surface area contributed by atoms with Gasteiger partial charge in [0.15, 0.2) is 5.78 Å². The second-order valence-electron chi connectivity index (χ2n) is 2.99. The number of ketones is 1. The zero-order chi connectivity index (χ0) is 11.4. The number of nitrogens with one attached hydrogen (secondary N) is 1. The average molecular weight is 234 g/mol. The van der Waals surface area contributed by atoms with Gasteiger partial charge in [0.25, 0.3) is 6.43 Å². The molecule has 0 saturated carbocycles. The van der Waals surface area contributed by atoms with E-state index in [0.717, 1.165) is 6.07 Å². The molecule has 0 saturated heterocycles. The number of alkyl halides is 2. The molecule has 0 unspecified atom stereocenters. The molecule has 0 spiro atoms. The molecule has 0 aromatic heterocycles. The fraction of sp³-hybridized carbons (Fsp3) is 0.300. The summed E-state index contributed by atoms with van der Waals surface area (Å²) in [6, 6.07) is 3.65. The Morgan fingerprint density at radius 3 is 2.67 bits per heavy atom. The van der Waals surface area contributed by atoms with Crippen LogP contribution < -0.4 is 5.32 Å². The lowest BCUT2D eigenvalue weighted by molar-refractivity contribution is 0.0993. The van der Waals surface area contributed by atoms with Gasteiger partial charge in [-0.2, -0.15) is 0 Å². The number of hydrogen-bond acceptors (Lipinski definition) is 2. The lowest BCUT2D eigenvalue weighted by Gasteiger charge is -2.05. The van der Waals surface area contributed by atoms with Gasteiger partial charge in [0.2, 0.25) is 0 Å². The standard InChI is InChI=1S/C10H10ClF2NO/c1-14-5-9(15)7-3-2-6(10(12)13)4-8(7)11/h2-4,10,14H,5H2,1H3. The van der Waals surface area contributed by atoms with Gasteiger partial charge in [-0.15, -0.1) is 0 Å². The molecule has 1 N–H and O–H groups in total. The molecule has 0 radical (unpaired) electrons. The van der Waals surface area contributed by atoms with E-state index in [9.17, 15) is 13.6 Å². The normalized spacial score (nSPS) is 10.7. The number of carbonyl (C=O) groups excluding carboxylic acids is 1. The molecule has 0 aliphatic heterocycles. The minimum absolute atomic E-state index is 0.0630. The van der Waals surface area contributed by atoms with E-state index in [2.05, 4.69) is 5.32 Å². The van der Waals surface area contributed by atoms with Crippen molar-refractivity contribution in [3.05, 3.63) is 34.3 Å². The van der Waals surface area contributed by atoms with E-state index in [1.165, 1.54) is 12.1 Å². The molecule has 82 valence electrons. The first-order valence-corrected chi connectivity index (χ1v) is 4.69. The third-order valence-corrected chi connectivity index (χ3v) is 2.20. The molecule has 0 bridgehead atoms. The summed E-state index contributed by atoms with van der Waals surface area (Å²) in [6.45, 7) is 0.133. The summed E-state index contributed by atoms with van der Waals surface area (Å²) in [6.07, 6.45) is -2.57. The zero-order valence-corrected chi connectivity index (χ0v) is 8.81. The number of carbonyl (C=O) groups is 1. The highest BCUT2D eigenvalue weighted by Gasteiger charge is 2.13. The fourth-order valence-corrected chi connectivity index (χ4v) is 1.44. The van der Waals surface area contributed by atoms with Gasteiger partial charge in [-0.1, -0.05) is 17.7 Å². The second-order valence-corrected chi connectivity index (χ2v) is 3.40. The van der Waals surface area contributed by atoms with Crippen molar-refractivity contribution in [2.45, 2.75) is 6.43 Å². The van der Waals surface area contributed by atoms with Crippen LogP contribution in [0.2, 0.25) is 5.02 Å². The molecule has 1 aromatic carbocycles. The van der Waals surface area contributed by atoms with Gasteiger partial charge in [0.05, 0.1) is 11.6 Å². The van der Waals surface area contributed by atoms with Crippen molar-refractivity contribution in [2.75, 3.05) is 13.6 Å². The Kier molecular flexibility index (Phi) is 4.17. The van der Waals surface area contributed by atoms with Crippen molar-refractivity contribution in [1.82, 2.24) is 5.32 Å². The van der Waals surface area contributed by atoms with E-state index >= 15 is 0 Å². The van der Waals surface area contributed by atoms with Gasteiger partial charge in [-0.25, -0.2) is 8.78 Å². The summed E-state index contributed by atoms with van der Waals surface area (Å²) < 4.78 is 24.5. The maximum atomic E-state index is 12.3. The smallest absolute Gasteiger partial charge is 0.263 e. The van der Waals surface area contributed by atoms with Crippen LogP contribution in [0.25, 0.3) is 0 Å². The van der Waals surface area contributed by atoms with Crippen LogP contribution in [0, 0.1) is 0 Å². The van der Waals surface area contributed by atoms with Crippen LogP contribution in [0.1, 0.15) is 22.3 Å². The van der Waals surface area contributed by atoms with E-state index in [0.29, 0.717) is 0 Å². The molecule has 1 aromatic rings. The molecule has 1 rings (SSSR count). The Labute approximate surface area is 91.2 Å². The van der Waals surface area contributed by atoms with E-state index < -0.39 is 6.43 Å². The monoisotopic (exact) mass is 233 g/mol. The van der Waals surface area contributed by atoms with Crippen LogP contribution in [0.4, 0.5) is 8.78 Å². The average Bonchev–Trinajstić information content (AvgIpc) is 2.17. The molecule has 0 fully saturated rings. The SMILES string of the molecule is CNCC(=O)c1ccc(C(F)F)cc1Cl. The lowest BCUT2D eigenvalue weighted by Crippen LogP contribution is -2.18. The molecule has 0 amide bonds. The first-order chi connectivity index (χ1) is 7.06. The number of likely N-dealkylation sites (N-methyl/N-ethyl adjacent to an activating group) is 1. The molecule has 5 heteroatoms. The highest BCUT2D eigenvalue weighted by Crippen LogP contribution is 2.25. The molecule has 15 heavy (non-hydrogen) atoms. The van der Waals surface area contributed by atoms with E-state index in [1.807, 2.05) is 0 Å². The van der Waals surface area contributed by atoms with E-state index in [1.54, 1.807) is 7.05 Å². The predicted molar refractivity (Wildman–Crippen MR) is 54.7 cm³/mol. The summed E-state index contributed by atoms with van der Waals surface area (Å²) in [5.41, 5.74) is 0.0800. The Hall–Kier alpha value is -1.00. The van der Waals surface area contributed by atoms with Crippen molar-refractivity contribution < 1.29 is 13.6 Å². The summed E-state index contributed by atoms with van der Waals surface area (Å²) >= 11 is 5.72. The first-order valence-electron chi connectivity index (χ1n) is 4.31. The van der Waals surface area contributed by atoms with Gasteiger partial charge >= 0.3 is 0 Å². The molecule has 0 atom stereocenters. The number of halogens is 3. The zero-order valence-electron chi connectivity index (χ0n) is 8.06. The highest BCUT2D eigenvalue weighted by molar-refractivity contribution is 6.34. The predicted octanol–water partition coefficient (Wildman–Crippen LogP) is 2.68. The number of Topliss-reactive ketones (excluding diaryl/α,β-unsaturated/α-hetero) is 1. The second kappa shape index (κ2) is 5.19. The quantitative estimate of drug-likeness (QED) is 0.811. The van der Waals surface area contributed by atoms with E-state index in [4.69, 9.17) is 11.6 Å². The minimum atomic E-state index is -2.57. The van der Waals surface area contributed by atoms with Crippen molar-refractivity contribution in [3.63, 3.8) is 0 Å². The van der Waals surface area contributed by atoms with Crippen LogP contribution in [0.3, 0.4) is 0 Å². The number of benzene rings is 1. The Morgan fingerprint density at radius 2 is 2.20 bits per heavy atom. The van der Waals surface area contributed by atoms with Crippen LogP contribution >= 0.6 is 11.6 Å². The third kappa shape index (κ3) is 2.97. The third-order valence-electron chi connectivity index (χ3n) is 1.88. The molecular weight excluding hydrogens is 224 g/mol. The lowest BCUT2D eigenvalue weighted by atomic mass is 10.1. The first kappa shape index (κ1) is 12.1. The van der Waals surface area contributed by atoms with E-state index in [-0.39, 0.29) is 28.5 Å². The largest absolute Gasteiger partial charge is 0.313 e. The molecular formula is C10H10ClF2NO. The van der Waals surface area contributed by atoms with Crippen molar-refractivity contribution >= 4 is 17.4 Å². The van der Waals surface area contributed by atoms with Crippen molar-refractivity contribution in [2.24, 2.45) is 0 Å². The maximum absolute atomic E-state index is 12.3. The molecule has 0 aliphatic rings. The highest BCUT2D eigenvalue weighted by atomic mass is 35.5. The Morgan fingerprint density at radius 1 is 1.53 bits per heavy atom.